The van der Waals surface area contributed by atoms with Crippen molar-refractivity contribution in [2.45, 2.75) is 81.6 Å². The van der Waals surface area contributed by atoms with Crippen LogP contribution >= 0.6 is 0 Å². The molecule has 1 fully saturated rings. The highest BCUT2D eigenvalue weighted by molar-refractivity contribution is 6.13. The number of carbonyl (C=O) groups excluding carboxylic acids is 3. The molecule has 1 aliphatic heterocycles. The fourth-order valence-electron chi connectivity index (χ4n) is 3.95. The quantitative estimate of drug-likeness (QED) is 0.0477. The van der Waals surface area contributed by atoms with Gasteiger partial charge in [-0.1, -0.05) is 0 Å². The number of amides is 2. The Kier molecular flexibility index (Phi) is 12.0. The molecule has 0 spiro atoms. The maximum atomic E-state index is 13.5. The second-order valence-corrected chi connectivity index (χ2v) is 8.89. The lowest BCUT2D eigenvalue weighted by Gasteiger charge is -2.35. The number of unbranched alkanes of at least 4 members (excludes halogenated alkanes) is 1. The summed E-state index contributed by atoms with van der Waals surface area (Å²) >= 11 is 0. The summed E-state index contributed by atoms with van der Waals surface area (Å²) in [6, 6.07) is -3.19. The molecule has 35 heavy (non-hydrogen) atoms. The molecular formula is C21H40N8O6. The van der Waals surface area contributed by atoms with Crippen LogP contribution in [0.1, 0.15) is 51.9 Å². The summed E-state index contributed by atoms with van der Waals surface area (Å²) < 4.78 is 0. The molecule has 0 aliphatic carbocycles. The topological polar surface area (TPSA) is 266 Å². The van der Waals surface area contributed by atoms with Crippen LogP contribution in [0.5, 0.6) is 0 Å². The van der Waals surface area contributed by atoms with E-state index in [1.165, 1.54) is 11.8 Å². The summed E-state index contributed by atoms with van der Waals surface area (Å²) in [5.74, 6) is -3.78. The molecule has 14 heteroatoms. The Morgan fingerprint density at radius 3 is 2.40 bits per heavy atom. The first-order valence-electron chi connectivity index (χ1n) is 11.7. The van der Waals surface area contributed by atoms with E-state index in [0.29, 0.717) is 32.2 Å². The molecule has 1 rings (SSSR count). The lowest BCUT2D eigenvalue weighted by molar-refractivity contribution is -0.151. The maximum Gasteiger partial charge on any atom is 0.326 e. The highest BCUT2D eigenvalue weighted by Crippen LogP contribution is 2.26. The van der Waals surface area contributed by atoms with Gasteiger partial charge in [0.15, 0.2) is 17.3 Å². The van der Waals surface area contributed by atoms with Crippen LogP contribution < -0.4 is 34.0 Å². The van der Waals surface area contributed by atoms with Crippen molar-refractivity contribution >= 4 is 29.5 Å². The number of rotatable bonds is 15. The van der Waals surface area contributed by atoms with Gasteiger partial charge in [-0.25, -0.2) is 4.79 Å². The van der Waals surface area contributed by atoms with Crippen molar-refractivity contribution in [1.82, 2.24) is 10.2 Å². The molecule has 0 radical (unpaired) electrons. The number of aliphatic carboxylic acids is 1. The molecule has 200 valence electrons. The second-order valence-electron chi connectivity index (χ2n) is 8.89. The number of aliphatic imine (C=N–C) groups is 1. The summed E-state index contributed by atoms with van der Waals surface area (Å²) in [6.07, 6.45) is 0.180. The van der Waals surface area contributed by atoms with E-state index < -0.39 is 53.3 Å². The normalized spacial score (nSPS) is 19.8. The van der Waals surface area contributed by atoms with Gasteiger partial charge in [0.1, 0.15) is 18.2 Å². The molecular weight excluding hydrogens is 460 g/mol. The van der Waals surface area contributed by atoms with Crippen LogP contribution in [0.25, 0.3) is 0 Å². The van der Waals surface area contributed by atoms with Crippen LogP contribution in [0, 0.1) is 0 Å². The van der Waals surface area contributed by atoms with E-state index >= 15 is 0 Å². The van der Waals surface area contributed by atoms with E-state index in [9.17, 15) is 29.4 Å². The summed E-state index contributed by atoms with van der Waals surface area (Å²) in [5.41, 5.74) is 25.9. The van der Waals surface area contributed by atoms with Crippen molar-refractivity contribution in [2.24, 2.45) is 33.7 Å². The molecule has 0 aromatic rings. The van der Waals surface area contributed by atoms with Gasteiger partial charge in [-0.3, -0.25) is 19.4 Å². The summed E-state index contributed by atoms with van der Waals surface area (Å²) in [6.45, 7) is 2.08. The number of Topliss-reactive ketones (excluding diaryl/α,β-unsaturated/α-hetero) is 1. The summed E-state index contributed by atoms with van der Waals surface area (Å²) in [5, 5.41) is 22.2. The number of aliphatic hydroxyl groups excluding tert-OH is 1. The van der Waals surface area contributed by atoms with Crippen molar-refractivity contribution in [2.75, 3.05) is 19.6 Å². The average Bonchev–Trinajstić information content (AvgIpc) is 3.28. The van der Waals surface area contributed by atoms with Crippen molar-refractivity contribution in [1.29, 1.82) is 0 Å². The van der Waals surface area contributed by atoms with Gasteiger partial charge in [-0.15, -0.1) is 0 Å². The molecule has 2 amide bonds. The van der Waals surface area contributed by atoms with E-state index in [1.54, 1.807) is 0 Å². The number of nitrogens with two attached hydrogens (primary N) is 5. The molecule has 0 aromatic heterocycles. The first kappa shape index (κ1) is 30.2. The first-order chi connectivity index (χ1) is 16.4. The highest BCUT2D eigenvalue weighted by Gasteiger charge is 2.50. The van der Waals surface area contributed by atoms with E-state index in [2.05, 4.69) is 10.3 Å². The zero-order valence-electron chi connectivity index (χ0n) is 20.2. The Balaban J connectivity index is 3.04. The number of nitrogens with one attached hydrogen (secondary N) is 1. The van der Waals surface area contributed by atoms with Gasteiger partial charge in [0, 0.05) is 19.1 Å². The minimum absolute atomic E-state index is 0.0670. The molecule has 1 aliphatic rings. The largest absolute Gasteiger partial charge is 0.480 e. The summed E-state index contributed by atoms with van der Waals surface area (Å²) in [4.78, 5) is 56.1. The predicted molar refractivity (Wildman–Crippen MR) is 129 cm³/mol. The standard InChI is InChI=1S/C21H40N8O6/c1-12(23)15(30)16(31)21(26,8-2-3-9-22)19(35)29-11-5-7-14(29)17(32)28-13(18(33)34)6-4-10-27-20(24)25/h12-15,30H,2-11,22-23,26H2,1H3,(H,28,32)(H,33,34)(H4,24,25,27)/t12?,13?,14-,15-,21-/m0/s1. The van der Waals surface area contributed by atoms with Gasteiger partial charge in [-0.2, -0.15) is 0 Å². The maximum absolute atomic E-state index is 13.5. The number of hydrogen-bond donors (Lipinski definition) is 8. The monoisotopic (exact) mass is 500 g/mol. The smallest absolute Gasteiger partial charge is 0.326 e. The number of likely N-dealkylation sites (tertiary alicyclic amines) is 1. The van der Waals surface area contributed by atoms with Crippen LogP contribution in [0.15, 0.2) is 4.99 Å². The number of carboxylic acids is 1. The number of ketones is 1. The third kappa shape index (κ3) is 8.42. The molecule has 2 unspecified atom stereocenters. The second kappa shape index (κ2) is 13.9. The zero-order chi connectivity index (χ0) is 26.8. The van der Waals surface area contributed by atoms with Gasteiger partial charge < -0.3 is 49.1 Å². The molecule has 0 saturated carbocycles. The van der Waals surface area contributed by atoms with Crippen LogP contribution in [0.4, 0.5) is 0 Å². The minimum Gasteiger partial charge on any atom is -0.480 e. The SMILES string of the molecule is CC(N)[C@H](O)C(=O)[C@@](N)(CCCCN)C(=O)N1CCC[C@H]1C(=O)NC(CCCN=C(N)N)C(=O)O. The van der Waals surface area contributed by atoms with Crippen molar-refractivity contribution in [3.8, 4) is 0 Å². The number of hydrogen-bond acceptors (Lipinski definition) is 9. The minimum atomic E-state index is -2.10. The molecule has 5 atom stereocenters. The molecule has 0 aromatic carbocycles. The summed E-state index contributed by atoms with van der Waals surface area (Å²) in [7, 11) is 0. The van der Waals surface area contributed by atoms with Gasteiger partial charge in [0.05, 0.1) is 0 Å². The van der Waals surface area contributed by atoms with Crippen molar-refractivity contribution < 1.29 is 29.4 Å². The van der Waals surface area contributed by atoms with E-state index in [0.717, 1.165) is 0 Å². The van der Waals surface area contributed by atoms with Crippen molar-refractivity contribution in [3.05, 3.63) is 0 Å². The van der Waals surface area contributed by atoms with Gasteiger partial charge in [-0.05, 0) is 58.4 Å². The first-order valence-corrected chi connectivity index (χ1v) is 11.7. The Hall–Kier alpha value is -2.81. The highest BCUT2D eigenvalue weighted by atomic mass is 16.4. The Morgan fingerprint density at radius 1 is 1.20 bits per heavy atom. The fraction of sp³-hybridized carbons (Fsp3) is 0.762. The van der Waals surface area contributed by atoms with E-state index in [4.69, 9.17) is 28.7 Å². The number of nitrogens with zero attached hydrogens (tertiary/aromatic N) is 2. The third-order valence-electron chi connectivity index (χ3n) is 5.99. The van der Waals surface area contributed by atoms with Gasteiger partial charge >= 0.3 is 5.97 Å². The molecule has 14 nitrogen and oxygen atoms in total. The average molecular weight is 501 g/mol. The molecule has 1 saturated heterocycles. The van der Waals surface area contributed by atoms with Crippen LogP contribution in [-0.4, -0.2) is 94.0 Å². The van der Waals surface area contributed by atoms with Crippen LogP contribution in [-0.2, 0) is 19.2 Å². The molecule has 1 heterocycles. The van der Waals surface area contributed by atoms with Gasteiger partial charge in [0.2, 0.25) is 5.91 Å². The zero-order valence-corrected chi connectivity index (χ0v) is 20.2. The third-order valence-corrected chi connectivity index (χ3v) is 5.99. The fourth-order valence-corrected chi connectivity index (χ4v) is 3.95. The van der Waals surface area contributed by atoms with E-state index in [1.807, 2.05) is 0 Å². The number of carboxylic acid groups (broad SMARTS) is 1. The van der Waals surface area contributed by atoms with Crippen LogP contribution in [0.2, 0.25) is 0 Å². The lowest BCUT2D eigenvalue weighted by Crippen LogP contribution is -2.66. The Labute approximate surface area is 204 Å². The molecule has 13 N–H and O–H groups in total. The van der Waals surface area contributed by atoms with Crippen molar-refractivity contribution in [3.63, 3.8) is 0 Å². The number of aliphatic hydroxyl groups is 1. The Bertz CT molecular complexity index is 788. The van der Waals surface area contributed by atoms with Gasteiger partial charge in [0.25, 0.3) is 5.91 Å². The Morgan fingerprint density at radius 2 is 1.86 bits per heavy atom. The predicted octanol–water partition coefficient (Wildman–Crippen LogP) is -3.30. The lowest BCUT2D eigenvalue weighted by atomic mass is 9.83. The number of guanidine groups is 1. The van der Waals surface area contributed by atoms with Crippen LogP contribution in [0.3, 0.4) is 0 Å². The molecule has 0 bridgehead atoms. The number of carbonyl (C=O) groups is 4. The van der Waals surface area contributed by atoms with E-state index in [-0.39, 0.29) is 38.3 Å².